The first-order chi connectivity index (χ1) is 11.1. The van der Waals surface area contributed by atoms with E-state index in [0.717, 1.165) is 17.1 Å². The van der Waals surface area contributed by atoms with Gasteiger partial charge in [-0.3, -0.25) is 9.59 Å². The molecule has 0 aliphatic rings. The van der Waals surface area contributed by atoms with Gasteiger partial charge in [0.05, 0.1) is 5.69 Å². The van der Waals surface area contributed by atoms with Crippen LogP contribution in [0.4, 0.5) is 5.69 Å². The topological polar surface area (TPSA) is 97.1 Å². The van der Waals surface area contributed by atoms with Crippen molar-refractivity contribution in [2.24, 2.45) is 0 Å². The van der Waals surface area contributed by atoms with E-state index < -0.39 is 0 Å². The first kappa shape index (κ1) is 17.3. The van der Waals surface area contributed by atoms with Gasteiger partial charge in [-0.05, 0) is 42.4 Å². The molecule has 0 aliphatic carbocycles. The maximum absolute atomic E-state index is 12.2. The first-order valence-electron chi connectivity index (χ1n) is 7.01. The molecule has 0 saturated heterocycles. The molecule has 6 nitrogen and oxygen atoms in total. The minimum Gasteiger partial charge on any atom is -0.395 e. The van der Waals surface area contributed by atoms with Crippen LogP contribution in [0.15, 0.2) is 29.2 Å². The van der Waals surface area contributed by atoms with E-state index >= 15 is 0 Å². The summed E-state index contributed by atoms with van der Waals surface area (Å²) < 4.78 is 3.97. The minimum absolute atomic E-state index is 0.103. The number of rotatable bonds is 6. The van der Waals surface area contributed by atoms with Crippen molar-refractivity contribution in [3.8, 4) is 0 Å². The Morgan fingerprint density at radius 1 is 1.22 bits per heavy atom. The van der Waals surface area contributed by atoms with E-state index in [0.29, 0.717) is 13.1 Å². The summed E-state index contributed by atoms with van der Waals surface area (Å²) in [6, 6.07) is 7.92. The highest BCUT2D eigenvalue weighted by atomic mass is 32.2. The summed E-state index contributed by atoms with van der Waals surface area (Å²) in [7, 11) is 0. The van der Waals surface area contributed by atoms with E-state index in [2.05, 4.69) is 15.0 Å². The van der Waals surface area contributed by atoms with Gasteiger partial charge in [-0.2, -0.15) is 4.37 Å². The first-order valence-corrected chi connectivity index (χ1v) is 9.01. The Hall–Kier alpha value is -2.06. The number of thioether (sulfide) groups is 1. The second-order valence-corrected chi connectivity index (χ2v) is 6.32. The number of carbonyl (C=O) groups is 2. The Morgan fingerprint density at radius 2 is 1.91 bits per heavy atom. The van der Waals surface area contributed by atoms with Gasteiger partial charge in [-0.1, -0.05) is 12.1 Å². The van der Waals surface area contributed by atoms with Gasteiger partial charge in [0.1, 0.15) is 4.88 Å². The van der Waals surface area contributed by atoms with E-state index in [9.17, 15) is 9.59 Å². The molecule has 2 rings (SSSR count). The van der Waals surface area contributed by atoms with Crippen molar-refractivity contribution in [1.82, 2.24) is 15.0 Å². The van der Waals surface area contributed by atoms with Crippen LogP contribution in [0.1, 0.15) is 32.6 Å². The van der Waals surface area contributed by atoms with Gasteiger partial charge in [0.2, 0.25) is 0 Å². The van der Waals surface area contributed by atoms with Gasteiger partial charge in [0.15, 0.2) is 5.69 Å². The van der Waals surface area contributed by atoms with Crippen molar-refractivity contribution in [2.75, 3.05) is 18.5 Å². The summed E-state index contributed by atoms with van der Waals surface area (Å²) in [5.41, 5.74) is 7.08. The highest BCUT2D eigenvalue weighted by Gasteiger charge is 2.21. The molecular formula is C15H18N4O2S2. The normalized spacial score (nSPS) is 10.3. The Bertz CT molecular complexity index is 698. The van der Waals surface area contributed by atoms with Crippen molar-refractivity contribution >= 4 is 40.8 Å². The summed E-state index contributed by atoms with van der Waals surface area (Å²) in [6.45, 7) is 2.67. The van der Waals surface area contributed by atoms with Crippen LogP contribution in [-0.2, 0) is 6.54 Å². The fourth-order valence-electron chi connectivity index (χ4n) is 1.87. The van der Waals surface area contributed by atoms with E-state index in [1.807, 2.05) is 30.5 Å². The van der Waals surface area contributed by atoms with Crippen molar-refractivity contribution in [1.29, 1.82) is 0 Å². The number of benzene rings is 1. The Kier molecular flexibility index (Phi) is 6.00. The number of hydrogen-bond acceptors (Lipinski definition) is 6. The predicted octanol–water partition coefficient (Wildman–Crippen LogP) is 2.13. The van der Waals surface area contributed by atoms with Crippen molar-refractivity contribution < 1.29 is 9.59 Å². The number of nitrogen functional groups attached to an aromatic ring is 1. The maximum Gasteiger partial charge on any atom is 0.273 e. The van der Waals surface area contributed by atoms with Crippen LogP contribution in [0.25, 0.3) is 0 Å². The molecule has 0 spiro atoms. The van der Waals surface area contributed by atoms with Crippen LogP contribution in [-0.4, -0.2) is 29.0 Å². The van der Waals surface area contributed by atoms with Gasteiger partial charge in [-0.25, -0.2) is 0 Å². The molecule has 0 atom stereocenters. The van der Waals surface area contributed by atoms with Crippen LogP contribution in [0.2, 0.25) is 0 Å². The fraction of sp³-hybridized carbons (Fsp3) is 0.267. The number of anilines is 1. The SMILES string of the molecule is CCNC(=O)c1nsc(C(=O)NCc2ccc(SC)cc2)c1N. The van der Waals surface area contributed by atoms with Gasteiger partial charge < -0.3 is 16.4 Å². The van der Waals surface area contributed by atoms with Gasteiger partial charge in [0.25, 0.3) is 11.8 Å². The molecule has 2 aromatic rings. The maximum atomic E-state index is 12.2. The molecule has 2 amide bonds. The molecule has 0 unspecified atom stereocenters. The molecule has 0 fully saturated rings. The lowest BCUT2D eigenvalue weighted by atomic mass is 10.2. The van der Waals surface area contributed by atoms with Crippen LogP contribution < -0.4 is 16.4 Å². The number of aromatic nitrogens is 1. The number of nitrogens with zero attached hydrogens (tertiary/aromatic N) is 1. The lowest BCUT2D eigenvalue weighted by molar-refractivity contribution is 0.0950. The van der Waals surface area contributed by atoms with Gasteiger partial charge in [-0.15, -0.1) is 11.8 Å². The van der Waals surface area contributed by atoms with E-state index in [1.165, 1.54) is 4.90 Å². The van der Waals surface area contributed by atoms with Gasteiger partial charge >= 0.3 is 0 Å². The highest BCUT2D eigenvalue weighted by molar-refractivity contribution is 7.98. The fourth-order valence-corrected chi connectivity index (χ4v) is 3.00. The average molecular weight is 350 g/mol. The number of nitrogens with one attached hydrogen (secondary N) is 2. The van der Waals surface area contributed by atoms with E-state index in [1.54, 1.807) is 18.7 Å². The third kappa shape index (κ3) is 4.23. The third-order valence-electron chi connectivity index (χ3n) is 3.10. The second kappa shape index (κ2) is 7.98. The molecule has 0 saturated carbocycles. The average Bonchev–Trinajstić information content (AvgIpc) is 2.95. The summed E-state index contributed by atoms with van der Waals surface area (Å²) in [5.74, 6) is -0.697. The standard InChI is InChI=1S/C15H18N4O2S2/c1-3-17-14(20)12-11(16)13(23-19-12)15(21)18-8-9-4-6-10(22-2)7-5-9/h4-7H,3,8,16H2,1-2H3,(H,17,20)(H,18,21). The zero-order chi connectivity index (χ0) is 16.8. The molecule has 0 radical (unpaired) electrons. The molecule has 23 heavy (non-hydrogen) atoms. The molecule has 122 valence electrons. The summed E-state index contributed by atoms with van der Waals surface area (Å²) in [6.07, 6.45) is 2.01. The number of amides is 2. The second-order valence-electron chi connectivity index (χ2n) is 4.66. The molecule has 1 aromatic carbocycles. The molecule has 0 aliphatic heterocycles. The molecule has 8 heteroatoms. The van der Waals surface area contributed by atoms with E-state index in [4.69, 9.17) is 5.73 Å². The van der Waals surface area contributed by atoms with E-state index in [-0.39, 0.29) is 28.1 Å². The number of carbonyl (C=O) groups excluding carboxylic acids is 2. The largest absolute Gasteiger partial charge is 0.395 e. The molecule has 1 aromatic heterocycles. The number of hydrogen-bond donors (Lipinski definition) is 3. The van der Waals surface area contributed by atoms with Crippen molar-refractivity contribution in [3.05, 3.63) is 40.4 Å². The highest BCUT2D eigenvalue weighted by Crippen LogP contribution is 2.21. The Morgan fingerprint density at radius 3 is 2.52 bits per heavy atom. The van der Waals surface area contributed by atoms with Crippen LogP contribution in [0.3, 0.4) is 0 Å². The van der Waals surface area contributed by atoms with Crippen LogP contribution >= 0.6 is 23.3 Å². The zero-order valence-electron chi connectivity index (χ0n) is 12.9. The Labute approximate surface area is 143 Å². The summed E-state index contributed by atoms with van der Waals surface area (Å²) in [5, 5.41) is 5.41. The summed E-state index contributed by atoms with van der Waals surface area (Å²) >= 11 is 2.59. The zero-order valence-corrected chi connectivity index (χ0v) is 14.5. The van der Waals surface area contributed by atoms with Crippen LogP contribution in [0, 0.1) is 0 Å². The third-order valence-corrected chi connectivity index (χ3v) is 4.70. The molecular weight excluding hydrogens is 332 g/mol. The number of nitrogens with two attached hydrogens (primary N) is 1. The monoisotopic (exact) mass is 350 g/mol. The van der Waals surface area contributed by atoms with Gasteiger partial charge in [0, 0.05) is 18.0 Å². The lowest BCUT2D eigenvalue weighted by Gasteiger charge is -2.05. The van der Waals surface area contributed by atoms with Crippen LogP contribution in [0.5, 0.6) is 0 Å². The molecule has 1 heterocycles. The smallest absolute Gasteiger partial charge is 0.273 e. The van der Waals surface area contributed by atoms with Crippen molar-refractivity contribution in [2.45, 2.75) is 18.4 Å². The van der Waals surface area contributed by atoms with Crippen molar-refractivity contribution in [3.63, 3.8) is 0 Å². The predicted molar refractivity (Wildman–Crippen MR) is 93.9 cm³/mol. The summed E-state index contributed by atoms with van der Waals surface area (Å²) in [4.78, 5) is 25.4. The Balaban J connectivity index is 2.01. The lowest BCUT2D eigenvalue weighted by Crippen LogP contribution is -2.25. The molecule has 0 bridgehead atoms. The molecule has 4 N–H and O–H groups in total. The minimum atomic E-state index is -0.368. The quantitative estimate of drug-likeness (QED) is 0.694.